The molecule has 0 fully saturated rings. The van der Waals surface area contributed by atoms with Gasteiger partial charge < -0.3 is 9.16 Å². The van der Waals surface area contributed by atoms with Gasteiger partial charge in [-0.15, -0.1) is 0 Å². The van der Waals surface area contributed by atoms with E-state index in [9.17, 15) is 4.79 Å². The summed E-state index contributed by atoms with van der Waals surface area (Å²) in [5.74, 6) is 0.310. The van der Waals surface area contributed by atoms with Crippen molar-refractivity contribution in [2.45, 2.75) is 58.9 Å². The molecule has 0 saturated carbocycles. The van der Waals surface area contributed by atoms with Gasteiger partial charge in [0.2, 0.25) is 0 Å². The van der Waals surface area contributed by atoms with Crippen LogP contribution in [0.1, 0.15) is 53.9 Å². The molecule has 0 saturated heterocycles. The van der Waals surface area contributed by atoms with Crippen LogP contribution in [0.2, 0.25) is 5.04 Å². The van der Waals surface area contributed by atoms with Crippen LogP contribution >= 0.6 is 0 Å². The number of carbonyl (C=O) groups is 1. The van der Waals surface area contributed by atoms with E-state index in [1.807, 2.05) is 0 Å². The summed E-state index contributed by atoms with van der Waals surface area (Å²) in [4.78, 5) is 10.9. The van der Waals surface area contributed by atoms with E-state index in [0.29, 0.717) is 12.5 Å². The van der Waals surface area contributed by atoms with Gasteiger partial charge in [0.05, 0.1) is 6.61 Å². The number of carbonyl (C=O) groups excluding carboxylic acids is 1. The van der Waals surface area contributed by atoms with E-state index >= 15 is 0 Å². The summed E-state index contributed by atoms with van der Waals surface area (Å²) in [6, 6.07) is 21.5. The van der Waals surface area contributed by atoms with Gasteiger partial charge in [0, 0.05) is 13.5 Å². The van der Waals surface area contributed by atoms with Gasteiger partial charge in [-0.25, -0.2) is 0 Å². The summed E-state index contributed by atoms with van der Waals surface area (Å²) in [6.45, 7) is 11.8. The summed E-state index contributed by atoms with van der Waals surface area (Å²) in [5.41, 5.74) is 0. The number of benzene rings is 2. The highest BCUT2D eigenvalue weighted by atomic mass is 28.4. The quantitative estimate of drug-likeness (QED) is 0.315. The fourth-order valence-corrected chi connectivity index (χ4v) is 8.57. The van der Waals surface area contributed by atoms with Crippen molar-refractivity contribution >= 4 is 24.7 Å². The van der Waals surface area contributed by atoms with Crippen molar-refractivity contribution in [2.24, 2.45) is 5.92 Å². The van der Waals surface area contributed by atoms with Crippen LogP contribution in [0.4, 0.5) is 0 Å². The number of rotatable bonds is 10. The van der Waals surface area contributed by atoms with E-state index in [2.05, 4.69) is 88.4 Å². The van der Waals surface area contributed by atoms with E-state index in [-0.39, 0.29) is 11.0 Å². The lowest BCUT2D eigenvalue weighted by atomic mass is 10.0. The second kappa shape index (κ2) is 10.7. The van der Waals surface area contributed by atoms with Gasteiger partial charge in [-0.3, -0.25) is 4.79 Å². The van der Waals surface area contributed by atoms with Gasteiger partial charge in [0.25, 0.3) is 8.32 Å². The van der Waals surface area contributed by atoms with Crippen molar-refractivity contribution < 1.29 is 14.0 Å². The van der Waals surface area contributed by atoms with Crippen LogP contribution in [0.5, 0.6) is 0 Å². The number of hydrogen-bond acceptors (Lipinski definition) is 3. The molecule has 0 heterocycles. The molecule has 0 spiro atoms. The van der Waals surface area contributed by atoms with Crippen LogP contribution in [0.15, 0.2) is 60.7 Å². The summed E-state index contributed by atoms with van der Waals surface area (Å²) in [5, 5.41) is 2.65. The first kappa shape index (κ1) is 23.4. The van der Waals surface area contributed by atoms with E-state index < -0.39 is 8.32 Å². The standard InChI is InChI=1S/C25H36O3Si/c1-21(18-20-27-22(2)26)13-12-19-28-29(25(3,4)5,23-14-8-6-9-15-23)24-16-10-7-11-17-24/h6-11,14-17,21H,12-13,18-20H2,1-5H3. The highest BCUT2D eigenvalue weighted by molar-refractivity contribution is 6.99. The molecule has 1 atom stereocenters. The van der Waals surface area contributed by atoms with Gasteiger partial charge in [0.15, 0.2) is 0 Å². The predicted molar refractivity (Wildman–Crippen MR) is 123 cm³/mol. The molecule has 0 aliphatic rings. The molecule has 0 bridgehead atoms. The van der Waals surface area contributed by atoms with Crippen molar-refractivity contribution in [2.75, 3.05) is 13.2 Å². The second-order valence-corrected chi connectivity index (χ2v) is 13.2. The molecule has 0 radical (unpaired) electrons. The molecule has 158 valence electrons. The second-order valence-electron chi connectivity index (χ2n) is 8.89. The molecule has 0 N–H and O–H groups in total. The molecule has 4 heteroatoms. The van der Waals surface area contributed by atoms with Crippen LogP contribution in [-0.4, -0.2) is 27.5 Å². The topological polar surface area (TPSA) is 35.5 Å². The Bertz CT molecular complexity index is 698. The molecule has 2 aromatic carbocycles. The van der Waals surface area contributed by atoms with Crippen LogP contribution in [0.25, 0.3) is 0 Å². The minimum Gasteiger partial charge on any atom is -0.466 e. The summed E-state index contributed by atoms with van der Waals surface area (Å²) < 4.78 is 12.0. The summed E-state index contributed by atoms with van der Waals surface area (Å²) in [7, 11) is -2.43. The Balaban J connectivity index is 2.14. The minimum atomic E-state index is -2.43. The van der Waals surface area contributed by atoms with E-state index in [4.69, 9.17) is 9.16 Å². The van der Waals surface area contributed by atoms with Crippen LogP contribution in [-0.2, 0) is 14.0 Å². The Morgan fingerprint density at radius 2 is 1.41 bits per heavy atom. The number of hydrogen-bond donors (Lipinski definition) is 0. The monoisotopic (exact) mass is 412 g/mol. The molecule has 2 aromatic rings. The fraction of sp³-hybridized carbons (Fsp3) is 0.480. The zero-order chi connectivity index (χ0) is 21.3. The number of esters is 1. The molecule has 2 rings (SSSR count). The van der Waals surface area contributed by atoms with Crippen molar-refractivity contribution in [3.63, 3.8) is 0 Å². The summed E-state index contributed by atoms with van der Waals surface area (Å²) >= 11 is 0. The Morgan fingerprint density at radius 3 is 1.86 bits per heavy atom. The molecule has 3 nitrogen and oxygen atoms in total. The van der Waals surface area contributed by atoms with Gasteiger partial charge in [-0.05, 0) is 40.6 Å². The third kappa shape index (κ3) is 6.28. The molecule has 1 unspecified atom stereocenters. The first-order valence-corrected chi connectivity index (χ1v) is 12.6. The predicted octanol–water partition coefficient (Wildman–Crippen LogP) is 4.93. The highest BCUT2D eigenvalue weighted by Gasteiger charge is 2.49. The van der Waals surface area contributed by atoms with Crippen LogP contribution < -0.4 is 10.4 Å². The van der Waals surface area contributed by atoms with Crippen molar-refractivity contribution in [3.8, 4) is 0 Å². The number of ether oxygens (including phenoxy) is 1. The van der Waals surface area contributed by atoms with Gasteiger partial charge in [0.1, 0.15) is 0 Å². The zero-order valence-electron chi connectivity index (χ0n) is 18.6. The van der Waals surface area contributed by atoms with Crippen molar-refractivity contribution in [1.82, 2.24) is 0 Å². The van der Waals surface area contributed by atoms with Gasteiger partial charge in [-0.2, -0.15) is 0 Å². The highest BCUT2D eigenvalue weighted by Crippen LogP contribution is 2.36. The molecule has 0 aliphatic heterocycles. The SMILES string of the molecule is CC(=O)OCCC(C)CCCO[Si](c1ccccc1)(c1ccccc1)C(C)(C)C. The largest absolute Gasteiger partial charge is 0.466 e. The zero-order valence-corrected chi connectivity index (χ0v) is 19.6. The maximum absolute atomic E-state index is 10.9. The Labute approximate surface area is 177 Å². The third-order valence-electron chi connectivity index (χ3n) is 5.49. The lowest BCUT2D eigenvalue weighted by Crippen LogP contribution is -2.66. The van der Waals surface area contributed by atoms with Gasteiger partial charge >= 0.3 is 5.97 Å². The van der Waals surface area contributed by atoms with E-state index in [1.165, 1.54) is 17.3 Å². The average Bonchev–Trinajstić information content (AvgIpc) is 2.68. The Hall–Kier alpha value is -1.91. The molecule has 0 aliphatic carbocycles. The molecule has 0 amide bonds. The normalized spacial score (nSPS) is 13.1. The maximum Gasteiger partial charge on any atom is 0.302 e. The average molecular weight is 413 g/mol. The van der Waals surface area contributed by atoms with Crippen molar-refractivity contribution in [1.29, 1.82) is 0 Å². The Morgan fingerprint density at radius 1 is 0.897 bits per heavy atom. The first-order chi connectivity index (χ1) is 13.8. The lowest BCUT2D eigenvalue weighted by Gasteiger charge is -2.43. The lowest BCUT2D eigenvalue weighted by molar-refractivity contribution is -0.141. The van der Waals surface area contributed by atoms with E-state index in [0.717, 1.165) is 25.9 Å². The Kier molecular flexibility index (Phi) is 8.66. The van der Waals surface area contributed by atoms with Crippen molar-refractivity contribution in [3.05, 3.63) is 60.7 Å². The molecule has 0 aromatic heterocycles. The third-order valence-corrected chi connectivity index (χ3v) is 10.5. The maximum atomic E-state index is 10.9. The van der Waals surface area contributed by atoms with E-state index in [1.54, 1.807) is 0 Å². The summed E-state index contributed by atoms with van der Waals surface area (Å²) in [6.07, 6.45) is 2.98. The minimum absolute atomic E-state index is 0.0106. The van der Waals surface area contributed by atoms with Gasteiger partial charge in [-0.1, -0.05) is 88.4 Å². The van der Waals surface area contributed by atoms with Crippen LogP contribution in [0, 0.1) is 5.92 Å². The fourth-order valence-electron chi connectivity index (χ4n) is 3.97. The smallest absolute Gasteiger partial charge is 0.302 e. The molecular weight excluding hydrogens is 376 g/mol. The first-order valence-electron chi connectivity index (χ1n) is 10.7. The van der Waals surface area contributed by atoms with Crippen LogP contribution in [0.3, 0.4) is 0 Å². The molecule has 29 heavy (non-hydrogen) atoms. The molecular formula is C25H36O3Si.